The van der Waals surface area contributed by atoms with Gasteiger partial charge in [-0.1, -0.05) is 44.2 Å². The van der Waals surface area contributed by atoms with E-state index < -0.39 is 0 Å². The van der Waals surface area contributed by atoms with Crippen LogP contribution in [0.3, 0.4) is 0 Å². The van der Waals surface area contributed by atoms with E-state index in [1.807, 2.05) is 41.8 Å². The number of nitrogens with zero attached hydrogens (tertiary/aromatic N) is 2. The smallest absolute Gasteiger partial charge is 0.272 e. The SMILES string of the molecule is CCCN(CCC)c1ccc(C=NNC(=O)c2csc3ccccc23)cc1. The zero-order valence-corrected chi connectivity index (χ0v) is 16.6. The molecule has 27 heavy (non-hydrogen) atoms. The highest BCUT2D eigenvalue weighted by Gasteiger charge is 2.10. The largest absolute Gasteiger partial charge is 0.372 e. The van der Waals surface area contributed by atoms with Crippen LogP contribution in [0.4, 0.5) is 5.69 Å². The van der Waals surface area contributed by atoms with Gasteiger partial charge in [-0.3, -0.25) is 4.79 Å². The molecule has 0 radical (unpaired) electrons. The van der Waals surface area contributed by atoms with Gasteiger partial charge in [0.1, 0.15) is 0 Å². The Kier molecular flexibility index (Phi) is 6.60. The molecule has 0 atom stereocenters. The molecule has 0 bridgehead atoms. The minimum Gasteiger partial charge on any atom is -0.372 e. The normalized spacial score (nSPS) is 11.2. The monoisotopic (exact) mass is 379 g/mol. The molecule has 5 heteroatoms. The lowest BCUT2D eigenvalue weighted by Crippen LogP contribution is -2.24. The van der Waals surface area contributed by atoms with Crippen LogP contribution >= 0.6 is 11.3 Å². The Hall–Kier alpha value is -2.66. The number of thiophene rings is 1. The first kappa shape index (κ1) is 19.1. The Morgan fingerprint density at radius 1 is 1.07 bits per heavy atom. The topological polar surface area (TPSA) is 44.7 Å². The van der Waals surface area contributed by atoms with Gasteiger partial charge in [-0.2, -0.15) is 5.10 Å². The number of hydrogen-bond donors (Lipinski definition) is 1. The molecule has 0 fully saturated rings. The van der Waals surface area contributed by atoms with Crippen LogP contribution in [-0.4, -0.2) is 25.2 Å². The second-order valence-electron chi connectivity index (χ2n) is 6.42. The third-order valence-electron chi connectivity index (χ3n) is 4.35. The summed E-state index contributed by atoms with van der Waals surface area (Å²) in [5.74, 6) is -0.183. The Morgan fingerprint density at radius 3 is 2.48 bits per heavy atom. The number of rotatable bonds is 8. The average Bonchev–Trinajstić information content (AvgIpc) is 3.13. The fourth-order valence-electron chi connectivity index (χ4n) is 3.06. The molecule has 0 spiro atoms. The first-order valence-corrected chi connectivity index (χ1v) is 10.3. The number of nitrogens with one attached hydrogen (secondary N) is 1. The number of hydrazone groups is 1. The van der Waals surface area contributed by atoms with Crippen LogP contribution in [0.25, 0.3) is 10.1 Å². The Bertz CT molecular complexity index is 909. The van der Waals surface area contributed by atoms with Gasteiger partial charge in [0.15, 0.2) is 0 Å². The summed E-state index contributed by atoms with van der Waals surface area (Å²) >= 11 is 1.57. The number of fused-ring (bicyclic) bond motifs is 1. The molecule has 0 unspecified atom stereocenters. The van der Waals surface area contributed by atoms with Crippen LogP contribution < -0.4 is 10.3 Å². The van der Waals surface area contributed by atoms with Crippen molar-refractivity contribution in [2.75, 3.05) is 18.0 Å². The third-order valence-corrected chi connectivity index (χ3v) is 5.31. The molecule has 0 saturated carbocycles. The van der Waals surface area contributed by atoms with E-state index in [0.717, 1.165) is 41.6 Å². The van der Waals surface area contributed by atoms with Gasteiger partial charge in [0.05, 0.1) is 11.8 Å². The zero-order valence-electron chi connectivity index (χ0n) is 15.8. The van der Waals surface area contributed by atoms with E-state index in [0.29, 0.717) is 5.56 Å². The summed E-state index contributed by atoms with van der Waals surface area (Å²) < 4.78 is 1.10. The van der Waals surface area contributed by atoms with Crippen molar-refractivity contribution < 1.29 is 4.79 Å². The molecule has 4 nitrogen and oxygen atoms in total. The number of amides is 1. The van der Waals surface area contributed by atoms with Crippen LogP contribution in [0.2, 0.25) is 0 Å². The highest BCUT2D eigenvalue weighted by Crippen LogP contribution is 2.25. The minimum atomic E-state index is -0.183. The maximum absolute atomic E-state index is 12.4. The lowest BCUT2D eigenvalue weighted by Gasteiger charge is -2.23. The average molecular weight is 380 g/mol. The lowest BCUT2D eigenvalue weighted by molar-refractivity contribution is 0.0957. The van der Waals surface area contributed by atoms with Crippen molar-refractivity contribution in [3.63, 3.8) is 0 Å². The van der Waals surface area contributed by atoms with Gasteiger partial charge < -0.3 is 4.90 Å². The fraction of sp³-hybridized carbons (Fsp3) is 0.273. The van der Waals surface area contributed by atoms with E-state index in [9.17, 15) is 4.79 Å². The summed E-state index contributed by atoms with van der Waals surface area (Å²) in [6.07, 6.45) is 3.94. The first-order valence-electron chi connectivity index (χ1n) is 9.37. The number of benzene rings is 2. The molecule has 1 aromatic heterocycles. The number of hydrogen-bond acceptors (Lipinski definition) is 4. The van der Waals surface area contributed by atoms with Crippen molar-refractivity contribution in [1.29, 1.82) is 0 Å². The van der Waals surface area contributed by atoms with E-state index in [1.165, 1.54) is 5.69 Å². The summed E-state index contributed by atoms with van der Waals surface area (Å²) in [4.78, 5) is 14.8. The minimum absolute atomic E-state index is 0.183. The van der Waals surface area contributed by atoms with Gasteiger partial charge in [0, 0.05) is 34.2 Å². The molecule has 140 valence electrons. The van der Waals surface area contributed by atoms with Gasteiger partial charge in [-0.15, -0.1) is 11.3 Å². The van der Waals surface area contributed by atoms with Crippen LogP contribution in [0.1, 0.15) is 42.6 Å². The van der Waals surface area contributed by atoms with Gasteiger partial charge in [0.2, 0.25) is 0 Å². The predicted octanol–water partition coefficient (Wildman–Crippen LogP) is 5.29. The highest BCUT2D eigenvalue weighted by molar-refractivity contribution is 7.17. The zero-order chi connectivity index (χ0) is 19.1. The fourth-order valence-corrected chi connectivity index (χ4v) is 4.00. The van der Waals surface area contributed by atoms with Crippen LogP contribution in [0.15, 0.2) is 59.0 Å². The molecule has 0 aliphatic carbocycles. The van der Waals surface area contributed by atoms with Gasteiger partial charge in [0.25, 0.3) is 5.91 Å². The molecule has 1 amide bonds. The summed E-state index contributed by atoms with van der Waals surface area (Å²) in [5, 5.41) is 6.96. The summed E-state index contributed by atoms with van der Waals surface area (Å²) in [6.45, 7) is 6.52. The van der Waals surface area contributed by atoms with Crippen molar-refractivity contribution in [2.45, 2.75) is 26.7 Å². The second kappa shape index (κ2) is 9.33. The standard InChI is InChI=1S/C22H25N3OS/c1-3-13-25(14-4-2)18-11-9-17(10-12-18)15-23-24-22(26)20-16-27-21-8-6-5-7-19(20)21/h5-12,15-16H,3-4,13-14H2,1-2H3,(H,24,26). The summed E-state index contributed by atoms with van der Waals surface area (Å²) in [7, 11) is 0. The van der Waals surface area contributed by atoms with Crippen LogP contribution in [0, 0.1) is 0 Å². The lowest BCUT2D eigenvalue weighted by atomic mass is 10.2. The van der Waals surface area contributed by atoms with Crippen molar-refractivity contribution in [3.05, 3.63) is 65.0 Å². The van der Waals surface area contributed by atoms with E-state index >= 15 is 0 Å². The predicted molar refractivity (Wildman–Crippen MR) is 116 cm³/mol. The molecule has 1 N–H and O–H groups in total. The van der Waals surface area contributed by atoms with Crippen molar-refractivity contribution in [1.82, 2.24) is 5.43 Å². The van der Waals surface area contributed by atoms with E-state index in [4.69, 9.17) is 0 Å². The molecule has 0 aliphatic rings. The van der Waals surface area contributed by atoms with E-state index in [-0.39, 0.29) is 5.91 Å². The van der Waals surface area contributed by atoms with Crippen LogP contribution in [-0.2, 0) is 0 Å². The van der Waals surface area contributed by atoms with Crippen LogP contribution in [0.5, 0.6) is 0 Å². The Morgan fingerprint density at radius 2 is 1.78 bits per heavy atom. The van der Waals surface area contributed by atoms with Crippen molar-refractivity contribution in [3.8, 4) is 0 Å². The molecule has 1 heterocycles. The maximum atomic E-state index is 12.4. The number of carbonyl (C=O) groups is 1. The third kappa shape index (κ3) is 4.74. The Balaban J connectivity index is 1.63. The summed E-state index contributed by atoms with van der Waals surface area (Å²) in [6, 6.07) is 16.2. The van der Waals surface area contributed by atoms with Gasteiger partial charge >= 0.3 is 0 Å². The molecular weight excluding hydrogens is 354 g/mol. The summed E-state index contributed by atoms with van der Waals surface area (Å²) in [5.41, 5.74) is 5.48. The van der Waals surface area contributed by atoms with E-state index in [1.54, 1.807) is 17.6 Å². The number of carbonyl (C=O) groups excluding carboxylic acids is 1. The quantitative estimate of drug-likeness (QED) is 0.427. The Labute approximate surface area is 164 Å². The second-order valence-corrected chi connectivity index (χ2v) is 7.33. The molecule has 0 aliphatic heterocycles. The van der Waals surface area contributed by atoms with Gasteiger partial charge in [-0.25, -0.2) is 5.43 Å². The number of anilines is 1. The first-order chi connectivity index (χ1) is 13.2. The molecule has 2 aromatic carbocycles. The van der Waals surface area contributed by atoms with E-state index in [2.05, 4.69) is 41.4 Å². The highest BCUT2D eigenvalue weighted by atomic mass is 32.1. The molecule has 3 aromatic rings. The molecule has 0 saturated heterocycles. The van der Waals surface area contributed by atoms with Crippen molar-refractivity contribution >= 4 is 39.2 Å². The van der Waals surface area contributed by atoms with Gasteiger partial charge in [-0.05, 0) is 36.6 Å². The molecular formula is C22H25N3OS. The maximum Gasteiger partial charge on any atom is 0.272 e. The van der Waals surface area contributed by atoms with Crippen molar-refractivity contribution in [2.24, 2.45) is 5.10 Å². The molecule has 3 rings (SSSR count).